The molecule has 0 aliphatic heterocycles. The number of carboxylic acid groups (broad SMARTS) is 1. The smallest absolute Gasteiger partial charge is 0.343 e. The Hall–Kier alpha value is -2.59. The first-order chi connectivity index (χ1) is 9.99. The van der Waals surface area contributed by atoms with Crippen LogP contribution in [-0.4, -0.2) is 17.0 Å². The van der Waals surface area contributed by atoms with Crippen LogP contribution in [0.15, 0.2) is 55.1 Å². The number of benzene rings is 2. The molecular formula is C16H11ClO4. The highest BCUT2D eigenvalue weighted by Gasteiger charge is 2.17. The Morgan fingerprint density at radius 2 is 1.76 bits per heavy atom. The van der Waals surface area contributed by atoms with Crippen molar-refractivity contribution in [2.45, 2.75) is 0 Å². The first-order valence-electron chi connectivity index (χ1n) is 5.98. The van der Waals surface area contributed by atoms with Crippen molar-refractivity contribution in [3.63, 3.8) is 0 Å². The van der Waals surface area contributed by atoms with Gasteiger partial charge in [0.2, 0.25) is 0 Å². The molecule has 2 aromatic carbocycles. The Kier molecular flexibility index (Phi) is 4.40. The molecule has 2 aromatic rings. The summed E-state index contributed by atoms with van der Waals surface area (Å²) in [5.74, 6) is -2.05. The molecule has 0 bridgehead atoms. The lowest BCUT2D eigenvalue weighted by Gasteiger charge is -2.09. The summed E-state index contributed by atoms with van der Waals surface area (Å²) in [4.78, 5) is 23.1. The summed E-state index contributed by atoms with van der Waals surface area (Å²) in [7, 11) is 0. The Balaban J connectivity index is 2.26. The van der Waals surface area contributed by atoms with Gasteiger partial charge >= 0.3 is 11.9 Å². The summed E-state index contributed by atoms with van der Waals surface area (Å²) < 4.78 is 5.10. The fraction of sp³-hybridized carbons (Fsp3) is 0. The summed E-state index contributed by atoms with van der Waals surface area (Å²) in [6.45, 7) is 3.66. The van der Waals surface area contributed by atoms with E-state index in [4.69, 9.17) is 21.4 Å². The van der Waals surface area contributed by atoms with E-state index >= 15 is 0 Å². The molecule has 0 heterocycles. The monoisotopic (exact) mass is 302 g/mol. The molecule has 0 saturated heterocycles. The molecule has 0 aromatic heterocycles. The maximum atomic E-state index is 12.0. The van der Waals surface area contributed by atoms with Crippen molar-refractivity contribution in [3.05, 3.63) is 71.3 Å². The second kappa shape index (κ2) is 6.24. The highest BCUT2D eigenvalue weighted by Crippen LogP contribution is 2.25. The zero-order valence-corrected chi connectivity index (χ0v) is 11.6. The van der Waals surface area contributed by atoms with Crippen LogP contribution in [0.4, 0.5) is 0 Å². The average Bonchev–Trinajstić information content (AvgIpc) is 2.47. The highest BCUT2D eigenvalue weighted by molar-refractivity contribution is 6.31. The molecule has 0 spiro atoms. The van der Waals surface area contributed by atoms with Crippen molar-refractivity contribution >= 4 is 29.1 Å². The molecule has 0 fully saturated rings. The lowest BCUT2D eigenvalue weighted by molar-refractivity contribution is -0.127. The molecule has 1 N–H and O–H groups in total. The SMILES string of the molecule is C=C(C(=O)Oc1cc(Cl)ccc1C(=O)O)c1ccccc1. The van der Waals surface area contributed by atoms with E-state index in [-0.39, 0.29) is 21.9 Å². The van der Waals surface area contributed by atoms with Crippen molar-refractivity contribution in [1.29, 1.82) is 0 Å². The van der Waals surface area contributed by atoms with Crippen LogP contribution in [0, 0.1) is 0 Å². The molecule has 0 aliphatic carbocycles. The van der Waals surface area contributed by atoms with Crippen molar-refractivity contribution in [2.75, 3.05) is 0 Å². The third kappa shape index (κ3) is 3.49. The minimum Gasteiger partial charge on any atom is -0.478 e. The maximum Gasteiger partial charge on any atom is 0.343 e. The Morgan fingerprint density at radius 1 is 1.10 bits per heavy atom. The number of carboxylic acids is 1. The standard InChI is InChI=1S/C16H11ClO4/c1-10(11-5-3-2-4-6-11)16(20)21-14-9-12(17)7-8-13(14)15(18)19/h2-9H,1H2,(H,18,19). The van der Waals surface area contributed by atoms with Gasteiger partial charge in [0.25, 0.3) is 0 Å². The van der Waals surface area contributed by atoms with E-state index in [1.54, 1.807) is 24.3 Å². The second-order valence-electron chi connectivity index (χ2n) is 4.18. The molecule has 0 saturated carbocycles. The lowest BCUT2D eigenvalue weighted by atomic mass is 10.1. The van der Waals surface area contributed by atoms with Crippen LogP contribution in [0.5, 0.6) is 5.75 Å². The van der Waals surface area contributed by atoms with Gasteiger partial charge in [-0.15, -0.1) is 0 Å². The first kappa shape index (κ1) is 14.8. The zero-order valence-electron chi connectivity index (χ0n) is 10.9. The Labute approximate surface area is 126 Å². The van der Waals surface area contributed by atoms with Gasteiger partial charge in [0.15, 0.2) is 0 Å². The number of halogens is 1. The molecule has 0 amide bonds. The van der Waals surface area contributed by atoms with E-state index in [1.807, 2.05) is 6.07 Å². The predicted molar refractivity (Wildman–Crippen MR) is 79.5 cm³/mol. The molecule has 0 radical (unpaired) electrons. The molecule has 2 rings (SSSR count). The van der Waals surface area contributed by atoms with Gasteiger partial charge in [0, 0.05) is 11.1 Å². The molecule has 5 heteroatoms. The minimum absolute atomic E-state index is 0.114. The Bertz CT molecular complexity index is 707. The zero-order chi connectivity index (χ0) is 15.4. The Morgan fingerprint density at radius 3 is 2.38 bits per heavy atom. The van der Waals surface area contributed by atoms with Crippen LogP contribution < -0.4 is 4.74 Å². The summed E-state index contributed by atoms with van der Waals surface area (Å²) in [6.07, 6.45) is 0. The number of rotatable bonds is 4. The van der Waals surface area contributed by atoms with Crippen LogP contribution in [-0.2, 0) is 4.79 Å². The van der Waals surface area contributed by atoms with Gasteiger partial charge in [0.05, 0.1) is 5.57 Å². The van der Waals surface area contributed by atoms with Gasteiger partial charge in [-0.1, -0.05) is 48.5 Å². The third-order valence-corrected chi connectivity index (χ3v) is 2.98. The normalized spacial score (nSPS) is 9.95. The second-order valence-corrected chi connectivity index (χ2v) is 4.62. The maximum absolute atomic E-state index is 12.0. The summed E-state index contributed by atoms with van der Waals surface area (Å²) in [5, 5.41) is 9.34. The first-order valence-corrected chi connectivity index (χ1v) is 6.36. The van der Waals surface area contributed by atoms with E-state index in [0.29, 0.717) is 5.56 Å². The fourth-order valence-corrected chi connectivity index (χ4v) is 1.84. The molecule has 21 heavy (non-hydrogen) atoms. The number of hydrogen-bond donors (Lipinski definition) is 1. The number of aromatic carboxylic acids is 1. The summed E-state index contributed by atoms with van der Waals surface area (Å²) in [6, 6.07) is 12.7. The van der Waals surface area contributed by atoms with Gasteiger partial charge in [-0.25, -0.2) is 9.59 Å². The number of esters is 1. The summed E-state index contributed by atoms with van der Waals surface area (Å²) >= 11 is 5.79. The molecule has 0 aliphatic rings. The third-order valence-electron chi connectivity index (χ3n) is 2.75. The van der Waals surface area contributed by atoms with Crippen LogP contribution in [0.1, 0.15) is 15.9 Å². The van der Waals surface area contributed by atoms with E-state index in [2.05, 4.69) is 6.58 Å². The molecular weight excluding hydrogens is 292 g/mol. The minimum atomic E-state index is -1.21. The van der Waals surface area contributed by atoms with Crippen LogP contribution >= 0.6 is 11.6 Å². The average molecular weight is 303 g/mol. The van der Waals surface area contributed by atoms with Gasteiger partial charge in [-0.2, -0.15) is 0 Å². The number of carbonyl (C=O) groups excluding carboxylic acids is 1. The predicted octanol–water partition coefficient (Wildman–Crippen LogP) is 3.66. The van der Waals surface area contributed by atoms with Gasteiger partial charge in [-0.05, 0) is 17.7 Å². The quantitative estimate of drug-likeness (QED) is 0.532. The lowest BCUT2D eigenvalue weighted by Crippen LogP contribution is -2.12. The van der Waals surface area contributed by atoms with Gasteiger partial charge < -0.3 is 9.84 Å². The van der Waals surface area contributed by atoms with E-state index in [1.165, 1.54) is 18.2 Å². The number of ether oxygens (including phenoxy) is 1. The molecule has 106 valence electrons. The van der Waals surface area contributed by atoms with Crippen LogP contribution in [0.25, 0.3) is 5.57 Å². The van der Waals surface area contributed by atoms with Crippen molar-refractivity contribution in [1.82, 2.24) is 0 Å². The van der Waals surface area contributed by atoms with Crippen LogP contribution in [0.2, 0.25) is 5.02 Å². The fourth-order valence-electron chi connectivity index (χ4n) is 1.68. The van der Waals surface area contributed by atoms with E-state index < -0.39 is 11.9 Å². The van der Waals surface area contributed by atoms with E-state index in [9.17, 15) is 9.59 Å². The van der Waals surface area contributed by atoms with Crippen molar-refractivity contribution < 1.29 is 19.4 Å². The van der Waals surface area contributed by atoms with E-state index in [0.717, 1.165) is 0 Å². The molecule has 4 nitrogen and oxygen atoms in total. The van der Waals surface area contributed by atoms with Crippen LogP contribution in [0.3, 0.4) is 0 Å². The highest BCUT2D eigenvalue weighted by atomic mass is 35.5. The summed E-state index contributed by atoms with van der Waals surface area (Å²) in [5.41, 5.74) is 0.585. The number of carbonyl (C=O) groups is 2. The molecule has 0 atom stereocenters. The topological polar surface area (TPSA) is 63.6 Å². The molecule has 0 unspecified atom stereocenters. The number of hydrogen-bond acceptors (Lipinski definition) is 3. The van der Waals surface area contributed by atoms with Gasteiger partial charge in [-0.3, -0.25) is 0 Å². The van der Waals surface area contributed by atoms with Crippen molar-refractivity contribution in [3.8, 4) is 5.75 Å². The largest absolute Gasteiger partial charge is 0.478 e. The van der Waals surface area contributed by atoms with Crippen molar-refractivity contribution in [2.24, 2.45) is 0 Å². The van der Waals surface area contributed by atoms with Gasteiger partial charge in [0.1, 0.15) is 11.3 Å².